The summed E-state index contributed by atoms with van der Waals surface area (Å²) < 4.78 is 0. The fourth-order valence-electron chi connectivity index (χ4n) is 2.39. The Morgan fingerprint density at radius 1 is 1.13 bits per heavy atom. The number of carbonyl (C=O) groups excluding carboxylic acids is 2. The van der Waals surface area contributed by atoms with Gasteiger partial charge in [-0.2, -0.15) is 0 Å². The predicted octanol–water partition coefficient (Wildman–Crippen LogP) is 2.26. The minimum atomic E-state index is -0.320. The van der Waals surface area contributed by atoms with E-state index in [0.717, 1.165) is 21.5 Å². The van der Waals surface area contributed by atoms with Crippen LogP contribution >= 0.6 is 11.3 Å². The van der Waals surface area contributed by atoms with E-state index in [1.165, 1.54) is 11.3 Å². The minimum absolute atomic E-state index is 0.0481. The number of nitrogens with one attached hydrogen (secondary N) is 2. The van der Waals surface area contributed by atoms with Gasteiger partial charge < -0.3 is 10.6 Å². The van der Waals surface area contributed by atoms with E-state index in [0.29, 0.717) is 10.7 Å². The number of thiophene rings is 1. The summed E-state index contributed by atoms with van der Waals surface area (Å²) in [6.45, 7) is 11.3. The van der Waals surface area contributed by atoms with Crippen molar-refractivity contribution in [2.24, 2.45) is 0 Å². The van der Waals surface area contributed by atoms with E-state index < -0.39 is 0 Å². The Labute approximate surface area is 139 Å². The molecule has 0 spiro atoms. The van der Waals surface area contributed by atoms with Crippen LogP contribution < -0.4 is 10.6 Å². The second kappa shape index (κ2) is 6.23. The van der Waals surface area contributed by atoms with Crippen LogP contribution in [0.4, 0.5) is 0 Å². The van der Waals surface area contributed by atoms with Gasteiger partial charge in [0.05, 0.1) is 11.4 Å². The molecule has 23 heavy (non-hydrogen) atoms. The maximum absolute atomic E-state index is 12.4. The summed E-state index contributed by atoms with van der Waals surface area (Å²) in [7, 11) is 0. The first kappa shape index (κ1) is 17.3. The van der Waals surface area contributed by atoms with Gasteiger partial charge in [0, 0.05) is 16.6 Å². The Bertz CT molecular complexity index is 774. The Balaban J connectivity index is 2.17. The molecule has 0 fully saturated rings. The first-order valence-electron chi connectivity index (χ1n) is 7.42. The van der Waals surface area contributed by atoms with Crippen LogP contribution in [0, 0.1) is 20.8 Å². The van der Waals surface area contributed by atoms with Crippen molar-refractivity contribution in [1.82, 2.24) is 20.6 Å². The number of aromatic nitrogens is 2. The van der Waals surface area contributed by atoms with Crippen molar-refractivity contribution in [1.29, 1.82) is 0 Å². The molecule has 0 radical (unpaired) electrons. The molecule has 2 rings (SSSR count). The molecule has 0 saturated heterocycles. The average molecular weight is 334 g/mol. The number of amides is 2. The molecule has 124 valence electrons. The summed E-state index contributed by atoms with van der Waals surface area (Å²) in [5.41, 5.74) is 1.40. The quantitative estimate of drug-likeness (QED) is 0.902. The zero-order valence-corrected chi connectivity index (χ0v) is 15.1. The molecule has 0 aromatic carbocycles. The molecule has 0 atom stereocenters. The molecule has 2 amide bonds. The zero-order chi connectivity index (χ0) is 17.4. The van der Waals surface area contributed by atoms with Crippen LogP contribution in [0.5, 0.6) is 0 Å². The molecule has 2 heterocycles. The summed E-state index contributed by atoms with van der Waals surface area (Å²) in [5.74, 6) is 0.218. The molecular weight excluding hydrogens is 312 g/mol. The smallest absolute Gasteiger partial charge is 0.262 e. The molecular formula is C16H22N4O2S. The third-order valence-electron chi connectivity index (χ3n) is 3.21. The van der Waals surface area contributed by atoms with Crippen molar-refractivity contribution >= 4 is 33.4 Å². The van der Waals surface area contributed by atoms with Crippen molar-refractivity contribution in [2.75, 3.05) is 6.54 Å². The van der Waals surface area contributed by atoms with Gasteiger partial charge in [0.15, 0.2) is 0 Å². The fourth-order valence-corrected chi connectivity index (χ4v) is 3.59. The monoisotopic (exact) mass is 334 g/mol. The Morgan fingerprint density at radius 2 is 1.78 bits per heavy atom. The van der Waals surface area contributed by atoms with Gasteiger partial charge in [-0.15, -0.1) is 11.3 Å². The second-order valence-corrected chi connectivity index (χ2v) is 7.57. The topological polar surface area (TPSA) is 84.0 Å². The van der Waals surface area contributed by atoms with Crippen LogP contribution in [0.1, 0.15) is 47.5 Å². The van der Waals surface area contributed by atoms with E-state index in [1.807, 2.05) is 41.5 Å². The second-order valence-electron chi connectivity index (χ2n) is 6.57. The van der Waals surface area contributed by atoms with Crippen molar-refractivity contribution in [3.05, 3.63) is 22.0 Å². The number of rotatable bonds is 3. The molecule has 2 aromatic rings. The molecule has 7 heteroatoms. The highest BCUT2D eigenvalue weighted by atomic mass is 32.1. The van der Waals surface area contributed by atoms with Crippen LogP contribution in [0.3, 0.4) is 0 Å². The molecule has 2 aromatic heterocycles. The number of nitrogens with zero attached hydrogens (tertiary/aromatic N) is 2. The Morgan fingerprint density at radius 3 is 2.39 bits per heavy atom. The van der Waals surface area contributed by atoms with Gasteiger partial charge in [-0.3, -0.25) is 9.59 Å². The van der Waals surface area contributed by atoms with E-state index in [2.05, 4.69) is 20.6 Å². The van der Waals surface area contributed by atoms with E-state index in [-0.39, 0.29) is 23.9 Å². The van der Waals surface area contributed by atoms with Crippen molar-refractivity contribution in [3.63, 3.8) is 0 Å². The van der Waals surface area contributed by atoms with Crippen molar-refractivity contribution in [3.8, 4) is 0 Å². The maximum Gasteiger partial charge on any atom is 0.262 e. The van der Waals surface area contributed by atoms with Crippen LogP contribution in [0.15, 0.2) is 0 Å². The lowest BCUT2D eigenvalue weighted by atomic mass is 10.1. The van der Waals surface area contributed by atoms with Crippen molar-refractivity contribution in [2.45, 2.75) is 47.1 Å². The predicted molar refractivity (Wildman–Crippen MR) is 91.9 cm³/mol. The van der Waals surface area contributed by atoms with E-state index in [4.69, 9.17) is 0 Å². The first-order valence-corrected chi connectivity index (χ1v) is 8.23. The van der Waals surface area contributed by atoms with Gasteiger partial charge in [0.25, 0.3) is 5.91 Å². The summed E-state index contributed by atoms with van der Waals surface area (Å²) in [5, 5.41) is 6.40. The number of aryl methyl sites for hydroxylation is 3. The summed E-state index contributed by atoms with van der Waals surface area (Å²) in [4.78, 5) is 34.3. The molecule has 0 aliphatic carbocycles. The first-order chi connectivity index (χ1) is 10.6. The third-order valence-corrected chi connectivity index (χ3v) is 4.40. The normalized spacial score (nSPS) is 11.6. The summed E-state index contributed by atoms with van der Waals surface area (Å²) in [6.07, 6.45) is 0. The number of carbonyl (C=O) groups is 2. The van der Waals surface area contributed by atoms with E-state index >= 15 is 0 Å². The maximum atomic E-state index is 12.4. The van der Waals surface area contributed by atoms with Gasteiger partial charge >= 0.3 is 0 Å². The Hall–Kier alpha value is -2.02. The lowest BCUT2D eigenvalue weighted by Gasteiger charge is -2.20. The van der Waals surface area contributed by atoms with Crippen LogP contribution in [0.2, 0.25) is 0 Å². The molecule has 0 aliphatic rings. The highest BCUT2D eigenvalue weighted by molar-refractivity contribution is 7.20. The lowest BCUT2D eigenvalue weighted by molar-refractivity contribution is -0.121. The van der Waals surface area contributed by atoms with Crippen LogP contribution in [-0.4, -0.2) is 33.9 Å². The zero-order valence-electron chi connectivity index (χ0n) is 14.3. The van der Waals surface area contributed by atoms with Gasteiger partial charge in [-0.1, -0.05) is 0 Å². The van der Waals surface area contributed by atoms with Gasteiger partial charge in [-0.25, -0.2) is 9.97 Å². The molecule has 0 saturated carbocycles. The number of hydrogen-bond donors (Lipinski definition) is 2. The molecule has 0 bridgehead atoms. The minimum Gasteiger partial charge on any atom is -0.350 e. The van der Waals surface area contributed by atoms with Gasteiger partial charge in [0.1, 0.15) is 10.7 Å². The van der Waals surface area contributed by atoms with Crippen LogP contribution in [-0.2, 0) is 4.79 Å². The SMILES string of the molecule is Cc1nc(C)c2c(C)c(C(=O)NCC(=O)NC(C)(C)C)sc2n1. The third kappa shape index (κ3) is 4.04. The highest BCUT2D eigenvalue weighted by Gasteiger charge is 2.20. The molecule has 6 nitrogen and oxygen atoms in total. The lowest BCUT2D eigenvalue weighted by Crippen LogP contribution is -2.45. The average Bonchev–Trinajstić information content (AvgIpc) is 2.71. The standard InChI is InChI=1S/C16H22N4O2S/c1-8-12-9(2)18-10(3)19-15(12)23-13(8)14(22)17-7-11(21)20-16(4,5)6/h7H2,1-6H3,(H,17,22)(H,20,21). The van der Waals surface area contributed by atoms with Gasteiger partial charge in [-0.05, 0) is 47.1 Å². The molecule has 0 unspecified atom stereocenters. The number of hydrogen-bond acceptors (Lipinski definition) is 5. The summed E-state index contributed by atoms with van der Waals surface area (Å²) >= 11 is 1.33. The van der Waals surface area contributed by atoms with Gasteiger partial charge in [0.2, 0.25) is 5.91 Å². The van der Waals surface area contributed by atoms with E-state index in [1.54, 1.807) is 0 Å². The largest absolute Gasteiger partial charge is 0.350 e. The summed E-state index contributed by atoms with van der Waals surface area (Å²) in [6, 6.07) is 0. The number of fused-ring (bicyclic) bond motifs is 1. The highest BCUT2D eigenvalue weighted by Crippen LogP contribution is 2.31. The fraction of sp³-hybridized carbons (Fsp3) is 0.500. The Kier molecular flexibility index (Phi) is 4.70. The van der Waals surface area contributed by atoms with E-state index in [9.17, 15) is 9.59 Å². The van der Waals surface area contributed by atoms with Crippen molar-refractivity contribution < 1.29 is 9.59 Å². The molecule has 0 aliphatic heterocycles. The molecule has 2 N–H and O–H groups in total. The van der Waals surface area contributed by atoms with Crippen LogP contribution in [0.25, 0.3) is 10.2 Å².